The van der Waals surface area contributed by atoms with E-state index >= 15 is 0 Å². The summed E-state index contributed by atoms with van der Waals surface area (Å²) in [6.45, 7) is 9.78. The van der Waals surface area contributed by atoms with Gasteiger partial charge in [-0.25, -0.2) is 4.79 Å². The number of para-hydroxylation sites is 2. The maximum Gasteiger partial charge on any atom is 0.412 e. The van der Waals surface area contributed by atoms with Gasteiger partial charge in [-0.15, -0.1) is 0 Å². The third-order valence-corrected chi connectivity index (χ3v) is 5.86. The van der Waals surface area contributed by atoms with E-state index in [2.05, 4.69) is 27.8 Å². The zero-order chi connectivity index (χ0) is 24.0. The van der Waals surface area contributed by atoms with Gasteiger partial charge in [0.15, 0.2) is 0 Å². The average Bonchev–Trinajstić information content (AvgIpc) is 3.23. The Morgan fingerprint density at radius 1 is 1.06 bits per heavy atom. The van der Waals surface area contributed by atoms with E-state index in [1.807, 2.05) is 31.3 Å². The zero-order valence-corrected chi connectivity index (χ0v) is 20.3. The van der Waals surface area contributed by atoms with E-state index in [1.165, 1.54) is 18.4 Å². The molecule has 2 amide bonds. The molecule has 2 aromatic carbocycles. The first kappa shape index (κ1) is 24.7. The van der Waals surface area contributed by atoms with Gasteiger partial charge in [0.05, 0.1) is 11.4 Å². The number of carbonyl (C=O) groups is 2. The molecule has 0 radical (unpaired) electrons. The molecule has 1 aliphatic rings. The van der Waals surface area contributed by atoms with Crippen LogP contribution in [-0.2, 0) is 4.74 Å². The molecule has 1 aliphatic heterocycles. The molecular weight excluding hydrogens is 416 g/mol. The van der Waals surface area contributed by atoms with Crippen molar-refractivity contribution in [2.45, 2.75) is 58.2 Å². The molecule has 7 heteroatoms. The second-order valence-corrected chi connectivity index (χ2v) is 9.35. The van der Waals surface area contributed by atoms with Crippen LogP contribution in [0.3, 0.4) is 0 Å². The predicted molar refractivity (Wildman–Crippen MR) is 133 cm³/mol. The monoisotopic (exact) mass is 452 g/mol. The van der Waals surface area contributed by atoms with Gasteiger partial charge in [-0.3, -0.25) is 15.0 Å². The Morgan fingerprint density at radius 3 is 2.27 bits per heavy atom. The smallest absolute Gasteiger partial charge is 0.412 e. The molecule has 3 N–H and O–H groups in total. The van der Waals surface area contributed by atoms with E-state index in [9.17, 15) is 9.59 Å². The molecule has 7 nitrogen and oxygen atoms in total. The van der Waals surface area contributed by atoms with Gasteiger partial charge in [0, 0.05) is 17.6 Å². The Morgan fingerprint density at radius 2 is 1.70 bits per heavy atom. The third kappa shape index (κ3) is 6.55. The zero-order valence-electron chi connectivity index (χ0n) is 20.3. The fourth-order valence-corrected chi connectivity index (χ4v) is 4.35. The summed E-state index contributed by atoms with van der Waals surface area (Å²) in [5, 5.41) is 9.06. The Hall–Kier alpha value is -2.90. The minimum atomic E-state index is -0.609. The molecule has 3 rings (SSSR count). The molecule has 0 aliphatic carbocycles. The Balaban J connectivity index is 1.70. The van der Waals surface area contributed by atoms with Crippen LogP contribution in [0, 0.1) is 0 Å². The average molecular weight is 453 g/mol. The van der Waals surface area contributed by atoms with E-state index in [0.29, 0.717) is 23.0 Å². The summed E-state index contributed by atoms with van der Waals surface area (Å²) in [6.07, 6.45) is 1.82. The number of hydrogen-bond donors (Lipinski definition) is 3. The van der Waals surface area contributed by atoms with Crippen molar-refractivity contribution >= 4 is 23.4 Å². The van der Waals surface area contributed by atoms with Gasteiger partial charge in [-0.2, -0.15) is 0 Å². The minimum Gasteiger partial charge on any atom is -0.444 e. The molecule has 178 valence electrons. The highest BCUT2D eigenvalue weighted by atomic mass is 16.6. The van der Waals surface area contributed by atoms with Crippen LogP contribution in [0.5, 0.6) is 0 Å². The van der Waals surface area contributed by atoms with Crippen molar-refractivity contribution in [3.8, 4) is 0 Å². The summed E-state index contributed by atoms with van der Waals surface area (Å²) in [7, 11) is 1.99. The van der Waals surface area contributed by atoms with Gasteiger partial charge < -0.3 is 15.4 Å². The largest absolute Gasteiger partial charge is 0.444 e. The van der Waals surface area contributed by atoms with Gasteiger partial charge in [0.25, 0.3) is 5.91 Å². The first-order valence-electron chi connectivity index (χ1n) is 11.6. The van der Waals surface area contributed by atoms with Crippen molar-refractivity contribution in [1.82, 2.24) is 10.2 Å². The van der Waals surface area contributed by atoms with Gasteiger partial charge in [-0.1, -0.05) is 31.2 Å². The maximum atomic E-state index is 12.9. The summed E-state index contributed by atoms with van der Waals surface area (Å²) in [5.74, 6) is -0.239. The number of rotatable bonds is 7. The van der Waals surface area contributed by atoms with E-state index in [4.69, 9.17) is 4.74 Å². The van der Waals surface area contributed by atoms with Gasteiger partial charge in [0.2, 0.25) is 0 Å². The third-order valence-electron chi connectivity index (χ3n) is 5.86. The van der Waals surface area contributed by atoms with E-state index in [0.717, 1.165) is 13.1 Å². The number of amides is 2. The fourth-order valence-electron chi connectivity index (χ4n) is 4.35. The number of anilines is 2. The van der Waals surface area contributed by atoms with Crippen molar-refractivity contribution < 1.29 is 14.3 Å². The second-order valence-electron chi connectivity index (χ2n) is 9.35. The summed E-state index contributed by atoms with van der Waals surface area (Å²) < 4.78 is 5.32. The van der Waals surface area contributed by atoms with Crippen LogP contribution in [0.25, 0.3) is 0 Å². The number of likely N-dealkylation sites (tertiary alicyclic amines) is 1. The number of nitrogens with one attached hydrogen (secondary N) is 3. The molecule has 2 aromatic rings. The number of ether oxygens (including phenoxy) is 1. The van der Waals surface area contributed by atoms with E-state index < -0.39 is 11.7 Å². The fraction of sp³-hybridized carbons (Fsp3) is 0.462. The van der Waals surface area contributed by atoms with Crippen LogP contribution < -0.4 is 16.0 Å². The number of carbonyl (C=O) groups excluding carboxylic acids is 2. The van der Waals surface area contributed by atoms with Crippen LogP contribution in [0.4, 0.5) is 16.2 Å². The highest BCUT2D eigenvalue weighted by molar-refractivity contribution is 6.06. The Kier molecular flexibility index (Phi) is 8.10. The molecule has 2 atom stereocenters. The SMILES string of the molecule is CCN1CCCC1C(NC)c1ccc(C(=O)Nc2ccccc2NC(=O)OC(C)(C)C)cc1. The quantitative estimate of drug-likeness (QED) is 0.549. The molecule has 0 aromatic heterocycles. The summed E-state index contributed by atoms with van der Waals surface area (Å²) in [4.78, 5) is 27.6. The lowest BCUT2D eigenvalue weighted by molar-refractivity contribution is 0.0635. The van der Waals surface area contributed by atoms with Crippen molar-refractivity contribution in [2.75, 3.05) is 30.8 Å². The molecule has 1 fully saturated rings. The highest BCUT2D eigenvalue weighted by Gasteiger charge is 2.30. The maximum absolute atomic E-state index is 12.9. The first-order valence-corrected chi connectivity index (χ1v) is 11.6. The van der Waals surface area contributed by atoms with E-state index in [1.54, 1.807) is 45.0 Å². The second kappa shape index (κ2) is 10.8. The van der Waals surface area contributed by atoms with Crippen LogP contribution in [0.15, 0.2) is 48.5 Å². The first-order chi connectivity index (χ1) is 15.7. The molecule has 0 bridgehead atoms. The van der Waals surface area contributed by atoms with Gasteiger partial charge >= 0.3 is 6.09 Å². The number of hydrogen-bond acceptors (Lipinski definition) is 5. The van der Waals surface area contributed by atoms with Gasteiger partial charge in [-0.05, 0) is 83.6 Å². The molecule has 2 unspecified atom stereocenters. The van der Waals surface area contributed by atoms with Crippen molar-refractivity contribution in [3.05, 3.63) is 59.7 Å². The Bertz CT molecular complexity index is 953. The van der Waals surface area contributed by atoms with Crippen molar-refractivity contribution in [2.24, 2.45) is 0 Å². The number of nitrogens with zero attached hydrogens (tertiary/aromatic N) is 1. The normalized spacial score (nSPS) is 17.4. The lowest BCUT2D eigenvalue weighted by Gasteiger charge is -2.31. The van der Waals surface area contributed by atoms with Crippen LogP contribution >= 0.6 is 0 Å². The topological polar surface area (TPSA) is 82.7 Å². The molecular formula is C26H36N4O3. The van der Waals surface area contributed by atoms with Crippen molar-refractivity contribution in [3.63, 3.8) is 0 Å². The summed E-state index contributed by atoms with van der Waals surface area (Å²) in [5.41, 5.74) is 2.11. The van der Waals surface area contributed by atoms with E-state index in [-0.39, 0.29) is 11.9 Å². The van der Waals surface area contributed by atoms with Crippen LogP contribution in [-0.4, -0.2) is 48.7 Å². The summed E-state index contributed by atoms with van der Waals surface area (Å²) in [6, 6.07) is 15.5. The lowest BCUT2D eigenvalue weighted by atomic mass is 9.96. The molecule has 1 saturated heterocycles. The number of benzene rings is 2. The molecule has 0 saturated carbocycles. The van der Waals surface area contributed by atoms with Gasteiger partial charge in [0.1, 0.15) is 5.60 Å². The lowest BCUT2D eigenvalue weighted by Crippen LogP contribution is -2.39. The Labute approximate surface area is 196 Å². The molecule has 33 heavy (non-hydrogen) atoms. The standard InChI is InChI=1S/C26H36N4O3/c1-6-30-17-9-12-22(30)23(27-5)18-13-15-19(16-14-18)24(31)28-20-10-7-8-11-21(20)29-25(32)33-26(2,3)4/h7-8,10-11,13-16,22-23,27H,6,9,12,17H2,1-5H3,(H,28,31)(H,29,32). The minimum absolute atomic E-state index is 0.225. The van der Waals surface area contributed by atoms with Crippen molar-refractivity contribution in [1.29, 1.82) is 0 Å². The summed E-state index contributed by atoms with van der Waals surface area (Å²) >= 11 is 0. The number of likely N-dealkylation sites (N-methyl/N-ethyl adjacent to an activating group) is 2. The molecule has 1 heterocycles. The predicted octanol–water partition coefficient (Wildman–Crippen LogP) is 5.03. The van der Waals surface area contributed by atoms with Crippen LogP contribution in [0.1, 0.15) is 62.5 Å². The molecule has 0 spiro atoms. The van der Waals surface area contributed by atoms with Crippen LogP contribution in [0.2, 0.25) is 0 Å². The highest BCUT2D eigenvalue weighted by Crippen LogP contribution is 2.29.